The van der Waals surface area contributed by atoms with Crippen LogP contribution in [0.25, 0.3) is 0 Å². The van der Waals surface area contributed by atoms with Crippen LogP contribution in [0.4, 0.5) is 10.1 Å². The molecule has 2 amide bonds. The number of hydrogen-bond acceptors (Lipinski definition) is 6. The zero-order valence-electron chi connectivity index (χ0n) is 25.8. The molecule has 12 heteroatoms. The Morgan fingerprint density at radius 3 is 2.30 bits per heavy atom. The molecule has 246 valence electrons. The number of fused-ring (bicyclic) bond motifs is 1. The van der Waals surface area contributed by atoms with E-state index >= 15 is 0 Å². The zero-order valence-corrected chi connectivity index (χ0v) is 27.3. The summed E-state index contributed by atoms with van der Waals surface area (Å²) in [4.78, 5) is 29.4. The van der Waals surface area contributed by atoms with Gasteiger partial charge in [-0.05, 0) is 66.1 Å². The summed E-state index contributed by atoms with van der Waals surface area (Å²) in [5.74, 6) is -0.957. The number of sulfonamides is 1. The van der Waals surface area contributed by atoms with Crippen LogP contribution >= 0.6 is 11.6 Å². The normalized spacial score (nSPS) is 13.0. The van der Waals surface area contributed by atoms with E-state index in [1.54, 1.807) is 24.3 Å². The first kappa shape index (κ1) is 33.7. The molecule has 4 aromatic carbocycles. The lowest BCUT2D eigenvalue weighted by Gasteiger charge is -2.34. The molecule has 1 atom stereocenters. The number of halogens is 2. The first-order valence-electron chi connectivity index (χ1n) is 15.2. The SMILES string of the molecule is CCCNC(=O)[C@H](Cc1ccccc1)N(Cc1cccc(Cl)c1)C(=O)CN(c1ccc(F)cc1)S(=O)(=O)c1ccc2c(c1)OCCO2. The van der Waals surface area contributed by atoms with Gasteiger partial charge in [-0.15, -0.1) is 0 Å². The van der Waals surface area contributed by atoms with E-state index in [-0.39, 0.29) is 41.8 Å². The molecular formula is C35H35ClFN3O6S. The molecule has 1 aliphatic heterocycles. The second-order valence-electron chi connectivity index (χ2n) is 10.9. The highest BCUT2D eigenvalue weighted by Crippen LogP contribution is 2.34. The smallest absolute Gasteiger partial charge is 0.264 e. The second kappa shape index (κ2) is 15.3. The quantitative estimate of drug-likeness (QED) is 0.197. The Morgan fingerprint density at radius 2 is 1.60 bits per heavy atom. The van der Waals surface area contributed by atoms with Gasteiger partial charge in [0.05, 0.1) is 10.6 Å². The van der Waals surface area contributed by atoms with Gasteiger partial charge in [0.15, 0.2) is 11.5 Å². The summed E-state index contributed by atoms with van der Waals surface area (Å²) in [5, 5.41) is 3.35. The van der Waals surface area contributed by atoms with Crippen LogP contribution in [0.15, 0.2) is 102 Å². The minimum absolute atomic E-state index is 0.0300. The van der Waals surface area contributed by atoms with Crippen LogP contribution < -0.4 is 19.1 Å². The van der Waals surface area contributed by atoms with Gasteiger partial charge >= 0.3 is 0 Å². The maximum absolute atomic E-state index is 14.5. The van der Waals surface area contributed by atoms with Crippen LogP contribution in [0.3, 0.4) is 0 Å². The van der Waals surface area contributed by atoms with Gasteiger partial charge in [0.2, 0.25) is 11.8 Å². The molecule has 0 saturated carbocycles. The molecule has 0 unspecified atom stereocenters. The van der Waals surface area contributed by atoms with Gasteiger partial charge in [-0.25, -0.2) is 12.8 Å². The number of ether oxygens (including phenoxy) is 2. The molecule has 0 radical (unpaired) electrons. The largest absolute Gasteiger partial charge is 0.486 e. The van der Waals surface area contributed by atoms with E-state index in [0.29, 0.717) is 35.9 Å². The maximum Gasteiger partial charge on any atom is 0.264 e. The monoisotopic (exact) mass is 679 g/mol. The third-order valence-corrected chi connectivity index (χ3v) is 9.56. The number of rotatable bonds is 13. The number of carbonyl (C=O) groups is 2. The molecule has 9 nitrogen and oxygen atoms in total. The third-order valence-electron chi connectivity index (χ3n) is 7.56. The van der Waals surface area contributed by atoms with Crippen LogP contribution in [0.5, 0.6) is 11.5 Å². The molecule has 4 aromatic rings. The molecule has 0 saturated heterocycles. The lowest BCUT2D eigenvalue weighted by Crippen LogP contribution is -2.53. The van der Waals surface area contributed by atoms with Crippen molar-refractivity contribution in [3.8, 4) is 11.5 Å². The zero-order chi connectivity index (χ0) is 33.4. The fourth-order valence-electron chi connectivity index (χ4n) is 5.20. The fourth-order valence-corrected chi connectivity index (χ4v) is 6.84. The first-order valence-corrected chi connectivity index (χ1v) is 17.0. The van der Waals surface area contributed by atoms with Crippen molar-refractivity contribution in [1.82, 2.24) is 10.2 Å². The van der Waals surface area contributed by atoms with E-state index in [2.05, 4.69) is 5.32 Å². The number of nitrogens with one attached hydrogen (secondary N) is 1. The van der Waals surface area contributed by atoms with Gasteiger partial charge < -0.3 is 19.7 Å². The van der Waals surface area contributed by atoms with Crippen molar-refractivity contribution >= 4 is 39.1 Å². The highest BCUT2D eigenvalue weighted by atomic mass is 35.5. The Labute approximate surface area is 278 Å². The highest BCUT2D eigenvalue weighted by molar-refractivity contribution is 7.92. The van der Waals surface area contributed by atoms with Crippen LogP contribution in [-0.4, -0.2) is 57.5 Å². The lowest BCUT2D eigenvalue weighted by molar-refractivity contribution is -0.140. The maximum atomic E-state index is 14.5. The van der Waals surface area contributed by atoms with E-state index in [1.807, 2.05) is 37.3 Å². The number of carbonyl (C=O) groups excluding carboxylic acids is 2. The van der Waals surface area contributed by atoms with Crippen molar-refractivity contribution in [3.63, 3.8) is 0 Å². The lowest BCUT2D eigenvalue weighted by atomic mass is 10.0. The van der Waals surface area contributed by atoms with Crippen molar-refractivity contribution < 1.29 is 31.9 Å². The second-order valence-corrected chi connectivity index (χ2v) is 13.2. The van der Waals surface area contributed by atoms with E-state index in [0.717, 1.165) is 22.0 Å². The molecule has 5 rings (SSSR count). The number of anilines is 1. The Hall–Kier alpha value is -4.61. The molecule has 0 aromatic heterocycles. The number of benzene rings is 4. The van der Waals surface area contributed by atoms with Crippen LogP contribution in [0.1, 0.15) is 24.5 Å². The standard InChI is InChI=1S/C35H35ClFN3O6S/c1-2-17-38-35(42)31(21-25-7-4-3-5-8-25)39(23-26-9-6-10-27(36)20-26)34(41)24-40(29-13-11-28(37)12-14-29)47(43,44)30-15-16-32-33(22-30)46-19-18-45-32/h3-16,20,22,31H,2,17-19,21,23-24H2,1H3,(H,38,42)/t31-/m0/s1. The summed E-state index contributed by atoms with van der Waals surface area (Å²) < 4.78 is 54.6. The predicted octanol–water partition coefficient (Wildman–Crippen LogP) is 5.61. The van der Waals surface area contributed by atoms with Gasteiger partial charge in [0.25, 0.3) is 10.0 Å². The summed E-state index contributed by atoms with van der Waals surface area (Å²) in [7, 11) is -4.42. The predicted molar refractivity (Wildman–Crippen MR) is 178 cm³/mol. The molecule has 0 fully saturated rings. The average Bonchev–Trinajstić information content (AvgIpc) is 3.08. The van der Waals surface area contributed by atoms with Crippen molar-refractivity contribution in [2.75, 3.05) is 30.6 Å². The van der Waals surface area contributed by atoms with Gasteiger partial charge in [0, 0.05) is 30.6 Å². The summed E-state index contributed by atoms with van der Waals surface area (Å²) >= 11 is 6.28. The minimum Gasteiger partial charge on any atom is -0.486 e. The number of nitrogens with zero attached hydrogens (tertiary/aromatic N) is 2. The van der Waals surface area contributed by atoms with Gasteiger partial charge in [-0.1, -0.05) is 61.0 Å². The van der Waals surface area contributed by atoms with Crippen molar-refractivity contribution in [3.05, 3.63) is 119 Å². The Balaban J connectivity index is 1.57. The Kier molecular flexibility index (Phi) is 11.0. The molecule has 47 heavy (non-hydrogen) atoms. The minimum atomic E-state index is -4.42. The molecule has 0 spiro atoms. The Morgan fingerprint density at radius 1 is 0.894 bits per heavy atom. The highest BCUT2D eigenvalue weighted by Gasteiger charge is 2.35. The van der Waals surface area contributed by atoms with Gasteiger partial charge in [-0.3, -0.25) is 13.9 Å². The molecular weight excluding hydrogens is 645 g/mol. The first-order chi connectivity index (χ1) is 22.7. The number of amides is 2. The van der Waals surface area contributed by atoms with E-state index in [4.69, 9.17) is 21.1 Å². The summed E-state index contributed by atoms with van der Waals surface area (Å²) in [6.45, 7) is 2.17. The van der Waals surface area contributed by atoms with Crippen molar-refractivity contribution in [1.29, 1.82) is 0 Å². The van der Waals surface area contributed by atoms with Gasteiger partial charge in [-0.2, -0.15) is 0 Å². The third kappa shape index (κ3) is 8.41. The Bertz CT molecular complexity index is 1810. The molecule has 1 heterocycles. The van der Waals surface area contributed by atoms with Gasteiger partial charge in [0.1, 0.15) is 31.6 Å². The molecule has 1 N–H and O–H groups in total. The summed E-state index contributed by atoms with van der Waals surface area (Å²) in [5.41, 5.74) is 1.52. The van der Waals surface area contributed by atoms with E-state index in [9.17, 15) is 22.4 Å². The average molecular weight is 680 g/mol. The van der Waals surface area contributed by atoms with Crippen molar-refractivity contribution in [2.45, 2.75) is 37.2 Å². The summed E-state index contributed by atoms with van der Waals surface area (Å²) in [6, 6.07) is 24.2. The van der Waals surface area contributed by atoms with Crippen LogP contribution in [0, 0.1) is 5.82 Å². The topological polar surface area (TPSA) is 105 Å². The molecule has 0 bridgehead atoms. The molecule has 0 aliphatic carbocycles. The van der Waals surface area contributed by atoms with Crippen molar-refractivity contribution in [2.24, 2.45) is 0 Å². The van der Waals surface area contributed by atoms with Crippen LogP contribution in [-0.2, 0) is 32.6 Å². The van der Waals surface area contributed by atoms with E-state index in [1.165, 1.54) is 35.2 Å². The van der Waals surface area contributed by atoms with E-state index < -0.39 is 34.3 Å². The fraction of sp³-hybridized carbons (Fsp3) is 0.257. The summed E-state index contributed by atoms with van der Waals surface area (Å²) in [6.07, 6.45) is 0.853. The number of hydrogen-bond donors (Lipinski definition) is 1. The van der Waals surface area contributed by atoms with Crippen LogP contribution in [0.2, 0.25) is 5.02 Å². The molecule has 1 aliphatic rings.